The summed E-state index contributed by atoms with van der Waals surface area (Å²) in [4.78, 5) is 61.0. The molecule has 0 saturated carbocycles. The Morgan fingerprint density at radius 2 is 1.34 bits per heavy atom. The minimum absolute atomic E-state index is 0.378. The van der Waals surface area contributed by atoms with E-state index in [1.807, 2.05) is 19.0 Å². The van der Waals surface area contributed by atoms with Gasteiger partial charge in [0.2, 0.25) is 6.10 Å². The summed E-state index contributed by atoms with van der Waals surface area (Å²) in [7, 11) is 3.71. The molecule has 0 saturated heterocycles. The second-order valence-electron chi connectivity index (χ2n) is 6.99. The largest absolute Gasteiger partial charge is 0.462 e. The highest BCUT2D eigenvalue weighted by Gasteiger charge is 2.42. The molecule has 0 heterocycles. The van der Waals surface area contributed by atoms with E-state index < -0.39 is 54.7 Å². The normalized spacial score (nSPS) is 13.1. The maximum atomic E-state index is 13.0. The molecule has 0 radical (unpaired) electrons. The fraction of sp³-hybridized carbons (Fsp3) is 0.476. The predicted octanol–water partition coefficient (Wildman–Crippen LogP) is 1.05. The monoisotopic (exact) mass is 452 g/mol. The zero-order valence-corrected chi connectivity index (χ0v) is 18.9. The summed E-state index contributed by atoms with van der Waals surface area (Å²) in [5.74, 6) is -4.02. The van der Waals surface area contributed by atoms with E-state index in [-0.39, 0.29) is 0 Å². The molecule has 0 bridgehead atoms. The van der Waals surface area contributed by atoms with Gasteiger partial charge < -0.3 is 29.2 Å². The molecule has 0 aromatic heterocycles. The molecule has 1 amide bonds. The van der Waals surface area contributed by atoms with E-state index in [1.54, 1.807) is 24.3 Å². The number of nitrogens with zero attached hydrogens (tertiary/aromatic N) is 1. The Morgan fingerprint density at radius 3 is 1.78 bits per heavy atom. The van der Waals surface area contributed by atoms with E-state index in [9.17, 15) is 24.0 Å². The van der Waals surface area contributed by atoms with Crippen molar-refractivity contribution in [2.75, 3.05) is 30.9 Å². The van der Waals surface area contributed by atoms with Crippen molar-refractivity contribution in [3.8, 4) is 0 Å². The van der Waals surface area contributed by atoms with Crippen LogP contribution in [0.2, 0.25) is 0 Å². The number of rotatable bonds is 10. The second-order valence-corrected chi connectivity index (χ2v) is 6.99. The maximum absolute atomic E-state index is 13.0. The lowest BCUT2D eigenvalue weighted by atomic mass is 10.1. The van der Waals surface area contributed by atoms with E-state index >= 15 is 0 Å². The lowest BCUT2D eigenvalue weighted by Crippen LogP contribution is -2.52. The first-order chi connectivity index (χ1) is 14.9. The minimum atomic E-state index is -1.70. The Hall–Kier alpha value is -3.63. The highest BCUT2D eigenvalue weighted by Crippen LogP contribution is 2.19. The first-order valence-electron chi connectivity index (χ1n) is 9.64. The third-order valence-electron chi connectivity index (χ3n) is 3.94. The number of nitrogens with one attached hydrogen (secondary N) is 1. The van der Waals surface area contributed by atoms with Crippen LogP contribution in [-0.2, 0) is 42.9 Å². The number of amides is 1. The van der Waals surface area contributed by atoms with Gasteiger partial charge in [0.15, 0.2) is 12.2 Å². The molecule has 1 N–H and O–H groups in total. The van der Waals surface area contributed by atoms with Gasteiger partial charge in [-0.1, -0.05) is 0 Å². The molecule has 0 aliphatic rings. The SMILES string of the molecule is CC(=O)OC[C@H](OC(C)=O)[C@@H](OC(C)=O)[C@@H](OC(C)=O)C(=O)Nc1ccc(N(C)C)cc1. The number of carbonyl (C=O) groups excluding carboxylic acids is 5. The van der Waals surface area contributed by atoms with Gasteiger partial charge in [0, 0.05) is 53.2 Å². The van der Waals surface area contributed by atoms with E-state index in [4.69, 9.17) is 18.9 Å². The van der Waals surface area contributed by atoms with Crippen LogP contribution in [0, 0.1) is 0 Å². The van der Waals surface area contributed by atoms with Gasteiger partial charge >= 0.3 is 23.9 Å². The smallest absolute Gasteiger partial charge is 0.303 e. The van der Waals surface area contributed by atoms with Crippen LogP contribution < -0.4 is 10.2 Å². The fourth-order valence-corrected chi connectivity index (χ4v) is 2.64. The van der Waals surface area contributed by atoms with Crippen LogP contribution in [0.4, 0.5) is 11.4 Å². The lowest BCUT2D eigenvalue weighted by Gasteiger charge is -2.30. The Bertz CT molecular complexity index is 836. The first-order valence-corrected chi connectivity index (χ1v) is 9.64. The summed E-state index contributed by atoms with van der Waals surface area (Å²) in [5.41, 5.74) is 1.26. The molecule has 32 heavy (non-hydrogen) atoms. The summed E-state index contributed by atoms with van der Waals surface area (Å²) >= 11 is 0. The van der Waals surface area contributed by atoms with Crippen molar-refractivity contribution in [2.45, 2.75) is 46.0 Å². The van der Waals surface area contributed by atoms with Gasteiger partial charge in [-0.25, -0.2) is 0 Å². The van der Waals surface area contributed by atoms with E-state index in [0.717, 1.165) is 33.4 Å². The van der Waals surface area contributed by atoms with Crippen molar-refractivity contribution >= 4 is 41.2 Å². The molecule has 0 unspecified atom stereocenters. The molecule has 0 aliphatic carbocycles. The van der Waals surface area contributed by atoms with Gasteiger partial charge in [0.1, 0.15) is 6.61 Å². The van der Waals surface area contributed by atoms with E-state index in [0.29, 0.717) is 5.69 Å². The summed E-state index contributed by atoms with van der Waals surface area (Å²) in [5, 5.41) is 2.57. The zero-order chi connectivity index (χ0) is 24.4. The molecule has 3 atom stereocenters. The van der Waals surface area contributed by atoms with Crippen molar-refractivity contribution < 1.29 is 42.9 Å². The summed E-state index contributed by atoms with van der Waals surface area (Å²) in [6.07, 6.45) is -4.70. The molecule has 1 rings (SSSR count). The van der Waals surface area contributed by atoms with Crippen molar-refractivity contribution in [2.24, 2.45) is 0 Å². The zero-order valence-electron chi connectivity index (χ0n) is 18.9. The third-order valence-corrected chi connectivity index (χ3v) is 3.94. The molecule has 0 fully saturated rings. The first kappa shape index (κ1) is 26.4. The van der Waals surface area contributed by atoms with Crippen LogP contribution >= 0.6 is 0 Å². The number of ether oxygens (including phenoxy) is 4. The average molecular weight is 452 g/mol. The third kappa shape index (κ3) is 9.02. The summed E-state index contributed by atoms with van der Waals surface area (Å²) in [6.45, 7) is 3.80. The number of benzene rings is 1. The van der Waals surface area contributed by atoms with Gasteiger partial charge in [0.25, 0.3) is 5.91 Å². The predicted molar refractivity (Wildman–Crippen MR) is 113 cm³/mol. The molecule has 11 heteroatoms. The second kappa shape index (κ2) is 12.3. The van der Waals surface area contributed by atoms with Crippen molar-refractivity contribution in [3.63, 3.8) is 0 Å². The Labute approximate surface area is 185 Å². The number of hydrogen-bond donors (Lipinski definition) is 1. The Balaban J connectivity index is 3.26. The number of esters is 4. The molecule has 176 valence electrons. The molecule has 1 aromatic rings. The molecule has 0 aliphatic heterocycles. The minimum Gasteiger partial charge on any atom is -0.462 e. The lowest BCUT2D eigenvalue weighted by molar-refractivity contribution is -0.190. The van der Waals surface area contributed by atoms with Gasteiger partial charge in [0.05, 0.1) is 0 Å². The Morgan fingerprint density at radius 1 is 0.812 bits per heavy atom. The van der Waals surface area contributed by atoms with Crippen LogP contribution in [-0.4, -0.2) is 68.8 Å². The van der Waals surface area contributed by atoms with E-state index in [2.05, 4.69) is 5.32 Å². The van der Waals surface area contributed by atoms with E-state index in [1.165, 1.54) is 0 Å². The standard InChI is InChI=1S/C21H28N2O9/c1-12(24)29-11-18(30-13(2)25)19(31-14(3)26)20(32-15(4)27)21(28)22-16-7-9-17(10-8-16)23(5)6/h7-10,18-20H,11H2,1-6H3,(H,22,28)/t18-,19+,20+/m0/s1. The molecular formula is C21H28N2O9. The van der Waals surface area contributed by atoms with Crippen LogP contribution in [0.5, 0.6) is 0 Å². The number of anilines is 2. The number of carbonyl (C=O) groups is 5. The molecule has 0 spiro atoms. The molecule has 1 aromatic carbocycles. The fourth-order valence-electron chi connectivity index (χ4n) is 2.64. The highest BCUT2D eigenvalue weighted by atomic mass is 16.6. The molecule has 11 nitrogen and oxygen atoms in total. The quantitative estimate of drug-likeness (QED) is 0.405. The van der Waals surface area contributed by atoms with Crippen LogP contribution in [0.3, 0.4) is 0 Å². The summed E-state index contributed by atoms with van der Waals surface area (Å²) < 4.78 is 20.2. The van der Waals surface area contributed by atoms with Gasteiger partial charge in [-0.05, 0) is 24.3 Å². The van der Waals surface area contributed by atoms with Crippen molar-refractivity contribution in [1.29, 1.82) is 0 Å². The van der Waals surface area contributed by atoms with Gasteiger partial charge in [-0.2, -0.15) is 0 Å². The Kier molecular flexibility index (Phi) is 10.1. The topological polar surface area (TPSA) is 138 Å². The van der Waals surface area contributed by atoms with Crippen LogP contribution in [0.15, 0.2) is 24.3 Å². The van der Waals surface area contributed by atoms with Gasteiger partial charge in [-0.3, -0.25) is 24.0 Å². The molecular weight excluding hydrogens is 424 g/mol. The highest BCUT2D eigenvalue weighted by molar-refractivity contribution is 5.96. The number of hydrogen-bond acceptors (Lipinski definition) is 10. The summed E-state index contributed by atoms with van der Waals surface area (Å²) in [6, 6.07) is 6.76. The van der Waals surface area contributed by atoms with Crippen molar-refractivity contribution in [3.05, 3.63) is 24.3 Å². The van der Waals surface area contributed by atoms with Crippen LogP contribution in [0.25, 0.3) is 0 Å². The van der Waals surface area contributed by atoms with Crippen LogP contribution in [0.1, 0.15) is 27.7 Å². The maximum Gasteiger partial charge on any atom is 0.303 e. The van der Waals surface area contributed by atoms with Crippen molar-refractivity contribution in [1.82, 2.24) is 0 Å². The average Bonchev–Trinajstić information content (AvgIpc) is 2.67. The van der Waals surface area contributed by atoms with Gasteiger partial charge in [-0.15, -0.1) is 0 Å².